The van der Waals surface area contributed by atoms with Crippen LogP contribution in [0.2, 0.25) is 0 Å². The first-order valence-electron chi connectivity index (χ1n) is 13.1. The van der Waals surface area contributed by atoms with E-state index in [-0.39, 0.29) is 23.7 Å². The van der Waals surface area contributed by atoms with Crippen molar-refractivity contribution in [3.05, 3.63) is 95.1 Å². The summed E-state index contributed by atoms with van der Waals surface area (Å²) in [5.41, 5.74) is 4.70. The highest BCUT2D eigenvalue weighted by atomic mass is 16.5. The molecule has 7 rings (SSSR count). The van der Waals surface area contributed by atoms with Crippen molar-refractivity contribution in [3.8, 4) is 5.75 Å². The number of benzene rings is 3. The van der Waals surface area contributed by atoms with E-state index in [1.54, 1.807) is 24.3 Å². The maximum Gasteiger partial charge on any atom is 0.329 e. The second kappa shape index (κ2) is 9.69. The molecule has 8 heteroatoms. The van der Waals surface area contributed by atoms with Gasteiger partial charge in [0.2, 0.25) is 11.8 Å². The average Bonchev–Trinajstić information content (AvgIpc) is 3.22. The topological polar surface area (TPSA) is 102 Å². The number of esters is 1. The third kappa shape index (κ3) is 3.90. The van der Waals surface area contributed by atoms with Crippen molar-refractivity contribution >= 4 is 29.4 Å². The summed E-state index contributed by atoms with van der Waals surface area (Å²) in [6.07, 6.45) is 0. The summed E-state index contributed by atoms with van der Waals surface area (Å²) in [5, 5.41) is 2.67. The number of hydrogen-bond donors (Lipinski definition) is 1. The Bertz CT molecular complexity index is 1380. The smallest absolute Gasteiger partial charge is 0.329 e. The van der Waals surface area contributed by atoms with E-state index < -0.39 is 36.4 Å². The van der Waals surface area contributed by atoms with Gasteiger partial charge in [0.1, 0.15) is 11.8 Å². The van der Waals surface area contributed by atoms with Crippen LogP contribution in [0.15, 0.2) is 72.8 Å². The third-order valence-corrected chi connectivity index (χ3v) is 8.02. The molecule has 3 atom stereocenters. The van der Waals surface area contributed by atoms with E-state index in [0.717, 1.165) is 27.2 Å². The molecule has 3 aromatic rings. The minimum atomic E-state index is -1.16. The Labute approximate surface area is 225 Å². The van der Waals surface area contributed by atoms with Crippen LogP contribution in [0.4, 0.5) is 5.69 Å². The molecule has 2 bridgehead atoms. The van der Waals surface area contributed by atoms with Gasteiger partial charge in [-0.05, 0) is 48.2 Å². The van der Waals surface area contributed by atoms with Crippen LogP contribution in [-0.2, 0) is 23.9 Å². The van der Waals surface area contributed by atoms with E-state index >= 15 is 0 Å². The highest BCUT2D eigenvalue weighted by Crippen LogP contribution is 2.61. The largest absolute Gasteiger partial charge is 0.492 e. The summed E-state index contributed by atoms with van der Waals surface area (Å²) in [4.78, 5) is 54.1. The molecule has 8 nitrogen and oxygen atoms in total. The Morgan fingerprint density at radius 3 is 1.82 bits per heavy atom. The van der Waals surface area contributed by atoms with Crippen LogP contribution in [0.25, 0.3) is 0 Å². The molecule has 0 unspecified atom stereocenters. The zero-order valence-electron chi connectivity index (χ0n) is 21.6. The van der Waals surface area contributed by atoms with Gasteiger partial charge in [0.25, 0.3) is 5.91 Å². The van der Waals surface area contributed by atoms with E-state index in [4.69, 9.17) is 9.47 Å². The second-order valence-electron chi connectivity index (χ2n) is 10.1. The molecule has 3 aliphatic carbocycles. The van der Waals surface area contributed by atoms with Crippen LogP contribution in [0, 0.1) is 11.8 Å². The normalized spacial score (nSPS) is 23.0. The van der Waals surface area contributed by atoms with Crippen LogP contribution < -0.4 is 10.1 Å². The molecular weight excluding hydrogens is 496 g/mol. The van der Waals surface area contributed by atoms with E-state index in [1.165, 1.54) is 6.92 Å². The minimum absolute atomic E-state index is 0.256. The molecule has 1 saturated heterocycles. The number of imide groups is 1. The lowest BCUT2D eigenvalue weighted by Crippen LogP contribution is -2.45. The van der Waals surface area contributed by atoms with Crippen molar-refractivity contribution < 1.29 is 28.7 Å². The van der Waals surface area contributed by atoms with Gasteiger partial charge in [-0.2, -0.15) is 0 Å². The van der Waals surface area contributed by atoms with Crippen molar-refractivity contribution in [2.24, 2.45) is 11.8 Å². The number of para-hydroxylation sites is 2. The van der Waals surface area contributed by atoms with Crippen molar-refractivity contribution in [1.82, 2.24) is 4.90 Å². The van der Waals surface area contributed by atoms with Gasteiger partial charge in [-0.25, -0.2) is 4.79 Å². The maximum atomic E-state index is 13.8. The van der Waals surface area contributed by atoms with Gasteiger partial charge in [0, 0.05) is 11.8 Å². The molecule has 198 valence electrons. The molecule has 0 radical (unpaired) electrons. The standard InChI is InChI=1S/C31H28N2O6/c1-3-38-23-15-9-8-14-22(23)32-24(34)16-39-31(37)17(2)33-29(35)27-25-18-10-4-5-11-19(18)26(28(27)30(33)36)21-13-7-6-12-20(21)25/h4-15,17,25-28H,3,16H2,1-2H3,(H,32,34)/t17-,25?,26?,27+,28+/m0/s1. The number of hydrogen-bond acceptors (Lipinski definition) is 6. The van der Waals surface area contributed by atoms with Gasteiger partial charge in [-0.3, -0.25) is 19.3 Å². The molecule has 0 aromatic heterocycles. The van der Waals surface area contributed by atoms with Gasteiger partial charge >= 0.3 is 5.97 Å². The van der Waals surface area contributed by atoms with Gasteiger partial charge in [0.15, 0.2) is 6.61 Å². The molecule has 3 aromatic carbocycles. The zero-order chi connectivity index (χ0) is 27.3. The fourth-order valence-electron chi connectivity index (χ4n) is 6.48. The van der Waals surface area contributed by atoms with Crippen molar-refractivity contribution in [2.45, 2.75) is 31.7 Å². The van der Waals surface area contributed by atoms with Crippen LogP contribution in [0.3, 0.4) is 0 Å². The second-order valence-corrected chi connectivity index (χ2v) is 10.1. The Morgan fingerprint density at radius 1 is 0.821 bits per heavy atom. The van der Waals surface area contributed by atoms with Crippen LogP contribution in [0.5, 0.6) is 5.75 Å². The summed E-state index contributed by atoms with van der Waals surface area (Å²) in [6.45, 7) is 3.17. The first-order valence-corrected chi connectivity index (χ1v) is 13.1. The van der Waals surface area contributed by atoms with Gasteiger partial charge in [-0.1, -0.05) is 60.7 Å². The molecule has 0 saturated carbocycles. The fraction of sp³-hybridized carbons (Fsp3) is 0.290. The molecule has 4 aliphatic rings. The number of amides is 3. The van der Waals surface area contributed by atoms with Crippen molar-refractivity contribution in [3.63, 3.8) is 0 Å². The van der Waals surface area contributed by atoms with Crippen LogP contribution in [-0.4, -0.2) is 47.8 Å². The number of carbonyl (C=O) groups is 4. The molecule has 1 heterocycles. The number of likely N-dealkylation sites (tertiary alicyclic amines) is 1. The number of ether oxygens (including phenoxy) is 2. The molecule has 0 spiro atoms. The van der Waals surface area contributed by atoms with Gasteiger partial charge in [-0.15, -0.1) is 0 Å². The quantitative estimate of drug-likeness (QED) is 0.372. The number of anilines is 1. The number of rotatable bonds is 7. The Hall–Kier alpha value is -4.46. The van der Waals surface area contributed by atoms with E-state index in [9.17, 15) is 19.2 Å². The molecule has 3 amide bonds. The summed E-state index contributed by atoms with van der Waals surface area (Å²) in [6, 6.07) is 21.7. The lowest BCUT2D eigenvalue weighted by molar-refractivity contribution is -0.159. The van der Waals surface area contributed by atoms with Gasteiger partial charge < -0.3 is 14.8 Å². The average molecular weight is 525 g/mol. The Morgan fingerprint density at radius 2 is 1.31 bits per heavy atom. The number of nitrogens with one attached hydrogen (secondary N) is 1. The number of nitrogens with zero attached hydrogens (tertiary/aromatic N) is 1. The Balaban J connectivity index is 1.19. The van der Waals surface area contributed by atoms with Crippen molar-refractivity contribution in [2.75, 3.05) is 18.5 Å². The molecular formula is C31H28N2O6. The fourth-order valence-corrected chi connectivity index (χ4v) is 6.48. The third-order valence-electron chi connectivity index (χ3n) is 8.02. The zero-order valence-corrected chi connectivity index (χ0v) is 21.6. The Kier molecular flexibility index (Phi) is 6.17. The lowest BCUT2D eigenvalue weighted by Gasteiger charge is -2.45. The lowest BCUT2D eigenvalue weighted by atomic mass is 9.55. The monoisotopic (exact) mass is 524 g/mol. The molecule has 39 heavy (non-hydrogen) atoms. The van der Waals surface area contributed by atoms with Crippen molar-refractivity contribution in [1.29, 1.82) is 0 Å². The highest BCUT2D eigenvalue weighted by Gasteiger charge is 2.62. The minimum Gasteiger partial charge on any atom is -0.492 e. The number of carbonyl (C=O) groups excluding carboxylic acids is 4. The van der Waals surface area contributed by atoms with E-state index in [0.29, 0.717) is 18.0 Å². The summed E-state index contributed by atoms with van der Waals surface area (Å²) in [5.74, 6) is -3.29. The predicted molar refractivity (Wildman–Crippen MR) is 142 cm³/mol. The highest BCUT2D eigenvalue weighted by molar-refractivity contribution is 6.10. The van der Waals surface area contributed by atoms with E-state index in [2.05, 4.69) is 5.32 Å². The molecule has 1 aliphatic heterocycles. The summed E-state index contributed by atoms with van der Waals surface area (Å²) in [7, 11) is 0. The van der Waals surface area contributed by atoms with Crippen LogP contribution >= 0.6 is 0 Å². The summed E-state index contributed by atoms with van der Waals surface area (Å²) >= 11 is 0. The summed E-state index contributed by atoms with van der Waals surface area (Å²) < 4.78 is 10.8. The predicted octanol–water partition coefficient (Wildman–Crippen LogP) is 3.85. The first kappa shape index (κ1) is 24.9. The van der Waals surface area contributed by atoms with Gasteiger partial charge in [0.05, 0.1) is 24.1 Å². The molecule has 1 fully saturated rings. The first-order chi connectivity index (χ1) is 18.9. The van der Waals surface area contributed by atoms with E-state index in [1.807, 2.05) is 55.5 Å². The SMILES string of the molecule is CCOc1ccccc1NC(=O)COC(=O)[C@H](C)N1C(=O)[C@@H]2C3c4ccccc4C(c4ccccc43)[C@H]2C1=O. The maximum absolute atomic E-state index is 13.8. The molecule has 1 N–H and O–H groups in total. The van der Waals surface area contributed by atoms with Crippen LogP contribution in [0.1, 0.15) is 47.9 Å².